The molecule has 1 nitrogen and oxygen atoms in total. The Balaban J connectivity index is 2.01. The van der Waals surface area contributed by atoms with Crippen molar-refractivity contribution in [3.05, 3.63) is 68.9 Å². The summed E-state index contributed by atoms with van der Waals surface area (Å²) in [4.78, 5) is 0. The van der Waals surface area contributed by atoms with E-state index < -0.39 is 0 Å². The molecule has 0 bridgehead atoms. The van der Waals surface area contributed by atoms with Gasteiger partial charge in [-0.1, -0.05) is 45.7 Å². The molecule has 0 amide bonds. The molecule has 1 unspecified atom stereocenters. The Labute approximate surface area is 125 Å². The third-order valence-electron chi connectivity index (χ3n) is 2.95. The van der Waals surface area contributed by atoms with Gasteiger partial charge in [-0.3, -0.25) is 0 Å². The molecule has 0 heterocycles. The molecule has 2 aromatic rings. The summed E-state index contributed by atoms with van der Waals surface area (Å²) in [6.45, 7) is 2.79. The van der Waals surface area contributed by atoms with E-state index in [1.807, 2.05) is 31.2 Å². The number of benzene rings is 2. The van der Waals surface area contributed by atoms with Crippen molar-refractivity contribution in [2.45, 2.75) is 19.5 Å². The van der Waals surface area contributed by atoms with Crippen molar-refractivity contribution in [3.8, 4) is 0 Å². The molecule has 0 aliphatic rings. The number of nitrogens with one attached hydrogen (secondary N) is 1. The van der Waals surface area contributed by atoms with Crippen LogP contribution in [0.15, 0.2) is 46.9 Å². The van der Waals surface area contributed by atoms with Crippen LogP contribution in [0, 0.1) is 5.82 Å². The second-order valence-corrected chi connectivity index (χ2v) is 5.69. The van der Waals surface area contributed by atoms with Gasteiger partial charge in [-0.05, 0) is 42.3 Å². The molecule has 2 aromatic carbocycles. The van der Waals surface area contributed by atoms with E-state index in [-0.39, 0.29) is 11.9 Å². The first-order valence-electron chi connectivity index (χ1n) is 5.99. The van der Waals surface area contributed by atoms with Crippen LogP contribution < -0.4 is 5.32 Å². The maximum atomic E-state index is 13.0. The lowest BCUT2D eigenvalue weighted by Gasteiger charge is -2.16. The normalized spacial score (nSPS) is 12.4. The molecule has 0 aromatic heterocycles. The van der Waals surface area contributed by atoms with Gasteiger partial charge in [0.2, 0.25) is 0 Å². The van der Waals surface area contributed by atoms with E-state index in [1.54, 1.807) is 6.07 Å². The summed E-state index contributed by atoms with van der Waals surface area (Å²) < 4.78 is 13.8. The molecule has 19 heavy (non-hydrogen) atoms. The molecule has 0 saturated carbocycles. The Hall–Kier alpha value is -0.900. The van der Waals surface area contributed by atoms with E-state index in [0.29, 0.717) is 0 Å². The Bertz CT molecular complexity index is 557. The van der Waals surface area contributed by atoms with E-state index in [1.165, 1.54) is 12.1 Å². The van der Waals surface area contributed by atoms with Gasteiger partial charge in [-0.25, -0.2) is 4.39 Å². The molecule has 100 valence electrons. The summed E-state index contributed by atoms with van der Waals surface area (Å²) in [6.07, 6.45) is 0. The summed E-state index contributed by atoms with van der Waals surface area (Å²) >= 11 is 9.23. The molecule has 0 aliphatic heterocycles. The molecule has 4 heteroatoms. The fourth-order valence-corrected chi connectivity index (χ4v) is 2.66. The first-order valence-corrected chi connectivity index (χ1v) is 7.16. The maximum absolute atomic E-state index is 13.0. The van der Waals surface area contributed by atoms with Crippen molar-refractivity contribution in [2.24, 2.45) is 0 Å². The van der Waals surface area contributed by atoms with Crippen LogP contribution in [0.4, 0.5) is 4.39 Å². The second-order valence-electron chi connectivity index (χ2n) is 4.39. The van der Waals surface area contributed by atoms with Gasteiger partial charge < -0.3 is 5.32 Å². The quantitative estimate of drug-likeness (QED) is 0.816. The minimum Gasteiger partial charge on any atom is -0.306 e. The fourth-order valence-electron chi connectivity index (χ4n) is 1.84. The van der Waals surface area contributed by atoms with Gasteiger partial charge >= 0.3 is 0 Å². The van der Waals surface area contributed by atoms with Gasteiger partial charge in [0, 0.05) is 22.1 Å². The topological polar surface area (TPSA) is 12.0 Å². The van der Waals surface area contributed by atoms with Crippen molar-refractivity contribution in [1.82, 2.24) is 5.32 Å². The van der Waals surface area contributed by atoms with Crippen LogP contribution in [-0.4, -0.2) is 0 Å². The summed E-state index contributed by atoms with van der Waals surface area (Å²) in [5, 5.41) is 4.13. The van der Waals surface area contributed by atoms with Crippen LogP contribution in [0.25, 0.3) is 0 Å². The summed E-state index contributed by atoms with van der Waals surface area (Å²) in [5.41, 5.74) is 2.20. The SMILES string of the molecule is CC(NCc1ccc(Cl)cc1)c1ccc(F)cc1Br. The molecule has 2 rings (SSSR count). The third kappa shape index (κ3) is 4.03. The van der Waals surface area contributed by atoms with E-state index in [0.717, 1.165) is 27.2 Å². The first kappa shape index (κ1) is 14.5. The van der Waals surface area contributed by atoms with Gasteiger partial charge in [0.05, 0.1) is 0 Å². The lowest BCUT2D eigenvalue weighted by atomic mass is 10.1. The summed E-state index contributed by atoms with van der Waals surface area (Å²) in [6, 6.07) is 12.6. The summed E-state index contributed by atoms with van der Waals surface area (Å²) in [7, 11) is 0. The van der Waals surface area contributed by atoms with Gasteiger partial charge in [0.15, 0.2) is 0 Å². The van der Waals surface area contributed by atoms with E-state index in [4.69, 9.17) is 11.6 Å². The van der Waals surface area contributed by atoms with Gasteiger partial charge in [0.25, 0.3) is 0 Å². The highest BCUT2D eigenvalue weighted by molar-refractivity contribution is 9.10. The molecular weight excluding hydrogens is 329 g/mol. The van der Waals surface area contributed by atoms with Crippen molar-refractivity contribution in [1.29, 1.82) is 0 Å². The average molecular weight is 343 g/mol. The lowest BCUT2D eigenvalue weighted by molar-refractivity contribution is 0.569. The Kier molecular flexibility index (Phi) is 4.97. The van der Waals surface area contributed by atoms with Crippen molar-refractivity contribution in [3.63, 3.8) is 0 Å². The molecule has 1 atom stereocenters. The Morgan fingerprint density at radius 1 is 1.21 bits per heavy atom. The molecule has 0 spiro atoms. The van der Waals surface area contributed by atoms with Crippen LogP contribution in [0.5, 0.6) is 0 Å². The van der Waals surface area contributed by atoms with E-state index in [9.17, 15) is 4.39 Å². The zero-order valence-corrected chi connectivity index (χ0v) is 12.8. The lowest BCUT2D eigenvalue weighted by Crippen LogP contribution is -2.18. The van der Waals surface area contributed by atoms with Crippen LogP contribution in [0.1, 0.15) is 24.1 Å². The van der Waals surface area contributed by atoms with Crippen molar-refractivity contribution in [2.75, 3.05) is 0 Å². The van der Waals surface area contributed by atoms with Crippen molar-refractivity contribution < 1.29 is 4.39 Å². The minimum absolute atomic E-state index is 0.130. The number of rotatable bonds is 4. The zero-order chi connectivity index (χ0) is 13.8. The van der Waals surface area contributed by atoms with Crippen LogP contribution >= 0.6 is 27.5 Å². The van der Waals surface area contributed by atoms with Crippen LogP contribution in [-0.2, 0) is 6.54 Å². The van der Waals surface area contributed by atoms with Gasteiger partial charge in [-0.2, -0.15) is 0 Å². The van der Waals surface area contributed by atoms with Gasteiger partial charge in [-0.15, -0.1) is 0 Å². The molecule has 0 aliphatic carbocycles. The largest absolute Gasteiger partial charge is 0.306 e. The highest BCUT2D eigenvalue weighted by Crippen LogP contribution is 2.24. The van der Waals surface area contributed by atoms with Crippen molar-refractivity contribution >= 4 is 27.5 Å². The molecule has 0 saturated heterocycles. The molecule has 1 N–H and O–H groups in total. The predicted octanol–water partition coefficient (Wildman–Crippen LogP) is 5.09. The first-order chi connectivity index (χ1) is 9.06. The molecular formula is C15H14BrClFN. The fraction of sp³-hybridized carbons (Fsp3) is 0.200. The second kappa shape index (κ2) is 6.51. The average Bonchev–Trinajstić information content (AvgIpc) is 2.37. The van der Waals surface area contributed by atoms with E-state index >= 15 is 0 Å². The molecule has 0 radical (unpaired) electrons. The standard InChI is InChI=1S/C15H14BrClFN/c1-10(14-7-6-13(18)8-15(14)16)19-9-11-2-4-12(17)5-3-11/h2-8,10,19H,9H2,1H3. The Morgan fingerprint density at radius 2 is 1.89 bits per heavy atom. The number of hydrogen-bond donors (Lipinski definition) is 1. The molecule has 0 fully saturated rings. The monoisotopic (exact) mass is 341 g/mol. The van der Waals surface area contributed by atoms with E-state index in [2.05, 4.69) is 21.2 Å². The minimum atomic E-state index is -0.236. The highest BCUT2D eigenvalue weighted by atomic mass is 79.9. The van der Waals surface area contributed by atoms with Gasteiger partial charge in [0.1, 0.15) is 5.82 Å². The van der Waals surface area contributed by atoms with Crippen LogP contribution in [0.2, 0.25) is 5.02 Å². The highest BCUT2D eigenvalue weighted by Gasteiger charge is 2.09. The number of hydrogen-bond acceptors (Lipinski definition) is 1. The maximum Gasteiger partial charge on any atom is 0.124 e. The smallest absolute Gasteiger partial charge is 0.124 e. The van der Waals surface area contributed by atoms with Crippen LogP contribution in [0.3, 0.4) is 0 Å². The third-order valence-corrected chi connectivity index (χ3v) is 3.89. The number of halogens is 3. The predicted molar refractivity (Wildman–Crippen MR) is 80.8 cm³/mol. The zero-order valence-electron chi connectivity index (χ0n) is 10.5. The summed E-state index contributed by atoms with van der Waals surface area (Å²) in [5.74, 6) is -0.236. The Morgan fingerprint density at radius 3 is 2.53 bits per heavy atom.